The van der Waals surface area contributed by atoms with E-state index in [1.54, 1.807) is 47.4 Å². The Balaban J connectivity index is 1.54. The molecule has 0 unspecified atom stereocenters. The lowest BCUT2D eigenvalue weighted by Gasteiger charge is -2.36. The number of carbonyl (C=O) groups is 1. The summed E-state index contributed by atoms with van der Waals surface area (Å²) in [4.78, 5) is 17.4. The van der Waals surface area contributed by atoms with Crippen molar-refractivity contribution in [2.24, 2.45) is 0 Å². The lowest BCUT2D eigenvalue weighted by atomic mass is 10.2. The van der Waals surface area contributed by atoms with E-state index >= 15 is 0 Å². The third kappa shape index (κ3) is 6.00. The summed E-state index contributed by atoms with van der Waals surface area (Å²) in [6.45, 7) is 4.83. The summed E-state index contributed by atoms with van der Waals surface area (Å²) < 4.78 is 34.2. The molecule has 0 spiro atoms. The molecule has 1 aliphatic heterocycles. The molecule has 0 N–H and O–H groups in total. The maximum absolute atomic E-state index is 13.9. The average molecular weight is 528 g/mol. The number of methoxy groups -OCH3 is 1. The summed E-state index contributed by atoms with van der Waals surface area (Å²) >= 11 is 6.05. The minimum atomic E-state index is -4.11. The summed E-state index contributed by atoms with van der Waals surface area (Å²) in [5, 5.41) is 0.477. The summed E-state index contributed by atoms with van der Waals surface area (Å²) in [6, 6.07) is 21.6. The van der Waals surface area contributed by atoms with Crippen molar-refractivity contribution >= 4 is 33.2 Å². The van der Waals surface area contributed by atoms with E-state index in [9.17, 15) is 13.2 Å². The van der Waals surface area contributed by atoms with Crippen LogP contribution in [-0.4, -0.2) is 64.0 Å². The molecule has 4 rings (SSSR count). The molecule has 0 atom stereocenters. The SMILES string of the molecule is COc1ccc(C)cc1S(=O)(=O)N(CC(=O)N1CCN(Cc2ccccc2)CC1)c1ccc(Cl)cc1. The number of sulfonamides is 1. The van der Waals surface area contributed by atoms with Crippen molar-refractivity contribution in [2.75, 3.05) is 44.1 Å². The second-order valence-corrected chi connectivity index (χ2v) is 11.1. The largest absolute Gasteiger partial charge is 0.495 e. The lowest BCUT2D eigenvalue weighted by Crippen LogP contribution is -2.51. The molecule has 1 saturated heterocycles. The molecule has 36 heavy (non-hydrogen) atoms. The Morgan fingerprint density at radius 2 is 1.64 bits per heavy atom. The van der Waals surface area contributed by atoms with Crippen LogP contribution in [-0.2, 0) is 21.4 Å². The zero-order chi connectivity index (χ0) is 25.7. The molecular weight excluding hydrogens is 498 g/mol. The fraction of sp³-hybridized carbons (Fsp3) is 0.296. The van der Waals surface area contributed by atoms with Gasteiger partial charge >= 0.3 is 0 Å². The highest BCUT2D eigenvalue weighted by Crippen LogP contribution is 2.31. The molecule has 1 amide bonds. The number of aryl methyl sites for hydroxylation is 1. The van der Waals surface area contributed by atoms with Gasteiger partial charge < -0.3 is 9.64 Å². The van der Waals surface area contributed by atoms with Crippen LogP contribution in [0.15, 0.2) is 77.7 Å². The minimum Gasteiger partial charge on any atom is -0.495 e. The third-order valence-corrected chi connectivity index (χ3v) is 8.30. The number of hydrogen-bond donors (Lipinski definition) is 0. The first-order chi connectivity index (χ1) is 17.3. The zero-order valence-electron chi connectivity index (χ0n) is 20.4. The molecule has 7 nitrogen and oxygen atoms in total. The van der Waals surface area contributed by atoms with Crippen LogP contribution in [0.25, 0.3) is 0 Å². The van der Waals surface area contributed by atoms with Gasteiger partial charge in [0.25, 0.3) is 10.0 Å². The quantitative estimate of drug-likeness (QED) is 0.439. The van der Waals surface area contributed by atoms with E-state index < -0.39 is 10.0 Å². The normalized spacial score (nSPS) is 14.5. The number of benzene rings is 3. The number of rotatable bonds is 8. The van der Waals surface area contributed by atoms with Crippen molar-refractivity contribution in [1.29, 1.82) is 0 Å². The highest BCUT2D eigenvalue weighted by atomic mass is 35.5. The van der Waals surface area contributed by atoms with Crippen LogP contribution in [0.3, 0.4) is 0 Å². The van der Waals surface area contributed by atoms with Crippen LogP contribution in [0.1, 0.15) is 11.1 Å². The van der Waals surface area contributed by atoms with E-state index in [0.29, 0.717) is 23.8 Å². The highest BCUT2D eigenvalue weighted by molar-refractivity contribution is 7.93. The smallest absolute Gasteiger partial charge is 0.268 e. The van der Waals surface area contributed by atoms with Crippen molar-refractivity contribution < 1.29 is 17.9 Å². The molecule has 1 fully saturated rings. The molecular formula is C27H30ClN3O4S. The molecule has 190 valence electrons. The van der Waals surface area contributed by atoms with Crippen LogP contribution in [0, 0.1) is 6.92 Å². The van der Waals surface area contributed by atoms with Crippen LogP contribution >= 0.6 is 11.6 Å². The Morgan fingerprint density at radius 3 is 2.28 bits per heavy atom. The van der Waals surface area contributed by atoms with Gasteiger partial charge in [-0.05, 0) is 54.4 Å². The van der Waals surface area contributed by atoms with Gasteiger partial charge in [-0.15, -0.1) is 0 Å². The van der Waals surface area contributed by atoms with E-state index in [2.05, 4.69) is 17.0 Å². The Hall–Kier alpha value is -3.07. The van der Waals surface area contributed by atoms with E-state index in [1.807, 2.05) is 25.1 Å². The summed E-state index contributed by atoms with van der Waals surface area (Å²) in [7, 11) is -2.68. The van der Waals surface area contributed by atoms with Gasteiger partial charge in [0.15, 0.2) is 0 Å². The molecule has 1 aliphatic rings. The minimum absolute atomic E-state index is 0.0143. The van der Waals surface area contributed by atoms with Gasteiger partial charge in [-0.3, -0.25) is 14.0 Å². The van der Waals surface area contributed by atoms with Gasteiger partial charge in [-0.2, -0.15) is 0 Å². The second kappa shape index (κ2) is 11.3. The first-order valence-corrected chi connectivity index (χ1v) is 13.6. The molecule has 3 aromatic rings. The van der Waals surface area contributed by atoms with Crippen LogP contribution in [0.4, 0.5) is 5.69 Å². The number of carbonyl (C=O) groups excluding carboxylic acids is 1. The molecule has 3 aromatic carbocycles. The molecule has 0 aliphatic carbocycles. The van der Waals surface area contributed by atoms with E-state index in [-0.39, 0.29) is 23.1 Å². The summed E-state index contributed by atoms with van der Waals surface area (Å²) in [6.07, 6.45) is 0. The second-order valence-electron chi connectivity index (χ2n) is 8.78. The van der Waals surface area contributed by atoms with Gasteiger partial charge in [0.2, 0.25) is 5.91 Å². The van der Waals surface area contributed by atoms with Crippen LogP contribution in [0.2, 0.25) is 5.02 Å². The van der Waals surface area contributed by atoms with Crippen molar-refractivity contribution in [3.63, 3.8) is 0 Å². The fourth-order valence-electron chi connectivity index (χ4n) is 4.25. The van der Waals surface area contributed by atoms with Crippen molar-refractivity contribution in [1.82, 2.24) is 9.80 Å². The number of ether oxygens (including phenoxy) is 1. The number of piperazine rings is 1. The van der Waals surface area contributed by atoms with Gasteiger partial charge in [0.1, 0.15) is 17.2 Å². The number of halogens is 1. The maximum Gasteiger partial charge on any atom is 0.268 e. The number of anilines is 1. The van der Waals surface area contributed by atoms with E-state index in [1.165, 1.54) is 12.7 Å². The molecule has 0 radical (unpaired) electrons. The topological polar surface area (TPSA) is 70.2 Å². The Bertz CT molecular complexity index is 1290. The zero-order valence-corrected chi connectivity index (χ0v) is 22.0. The monoisotopic (exact) mass is 527 g/mol. The predicted molar refractivity (Wildman–Crippen MR) is 142 cm³/mol. The third-order valence-electron chi connectivity index (χ3n) is 6.25. The number of hydrogen-bond acceptors (Lipinski definition) is 5. The Morgan fingerprint density at radius 1 is 0.972 bits per heavy atom. The lowest BCUT2D eigenvalue weighted by molar-refractivity contribution is -0.131. The molecule has 0 saturated carbocycles. The van der Waals surface area contributed by atoms with Crippen molar-refractivity contribution in [3.8, 4) is 5.75 Å². The summed E-state index contributed by atoms with van der Waals surface area (Å²) in [5.74, 6) is -0.0268. The number of amides is 1. The van der Waals surface area contributed by atoms with Crippen molar-refractivity contribution in [2.45, 2.75) is 18.4 Å². The van der Waals surface area contributed by atoms with E-state index in [4.69, 9.17) is 16.3 Å². The first-order valence-electron chi connectivity index (χ1n) is 11.7. The van der Waals surface area contributed by atoms with Gasteiger partial charge in [0, 0.05) is 37.7 Å². The van der Waals surface area contributed by atoms with Gasteiger partial charge in [-0.1, -0.05) is 48.0 Å². The fourth-order valence-corrected chi connectivity index (χ4v) is 6.03. The highest BCUT2D eigenvalue weighted by Gasteiger charge is 2.32. The summed E-state index contributed by atoms with van der Waals surface area (Å²) in [5.41, 5.74) is 2.36. The van der Waals surface area contributed by atoms with Crippen molar-refractivity contribution in [3.05, 3.63) is 88.9 Å². The molecule has 0 bridgehead atoms. The molecule has 0 aromatic heterocycles. The predicted octanol–water partition coefficient (Wildman–Crippen LogP) is 4.20. The van der Waals surface area contributed by atoms with Gasteiger partial charge in [-0.25, -0.2) is 8.42 Å². The molecule has 9 heteroatoms. The first kappa shape index (κ1) is 26.0. The average Bonchev–Trinajstić information content (AvgIpc) is 2.88. The maximum atomic E-state index is 13.9. The van der Waals surface area contributed by atoms with Crippen LogP contribution in [0.5, 0.6) is 5.75 Å². The Kier molecular flexibility index (Phi) is 8.18. The molecule has 1 heterocycles. The van der Waals surface area contributed by atoms with E-state index in [0.717, 1.165) is 29.5 Å². The Labute approximate surface area is 217 Å². The standard InChI is InChI=1S/C27H30ClN3O4S/c1-21-8-13-25(35-2)26(18-21)36(33,34)31(24-11-9-23(28)10-12-24)20-27(32)30-16-14-29(15-17-30)19-22-6-4-3-5-7-22/h3-13,18H,14-17,19-20H2,1-2H3. The number of nitrogens with zero attached hydrogens (tertiary/aromatic N) is 3. The van der Waals surface area contributed by atoms with Crippen LogP contribution < -0.4 is 9.04 Å². The van der Waals surface area contributed by atoms with Gasteiger partial charge in [0.05, 0.1) is 12.8 Å².